The van der Waals surface area contributed by atoms with E-state index < -0.39 is 5.97 Å². The van der Waals surface area contributed by atoms with E-state index in [-0.39, 0.29) is 5.76 Å². The van der Waals surface area contributed by atoms with Gasteiger partial charge in [-0.15, -0.1) is 0 Å². The lowest BCUT2D eigenvalue weighted by Crippen LogP contribution is -2.12. The van der Waals surface area contributed by atoms with Crippen LogP contribution < -0.4 is 9.47 Å². The van der Waals surface area contributed by atoms with Gasteiger partial charge in [0.2, 0.25) is 5.76 Å². The minimum absolute atomic E-state index is 0.210. The predicted octanol–water partition coefficient (Wildman–Crippen LogP) is 1.38. The van der Waals surface area contributed by atoms with Crippen molar-refractivity contribution in [2.24, 2.45) is 0 Å². The van der Waals surface area contributed by atoms with Crippen molar-refractivity contribution >= 4 is 5.97 Å². The van der Waals surface area contributed by atoms with Crippen molar-refractivity contribution in [3.05, 3.63) is 36.3 Å². The van der Waals surface area contributed by atoms with Gasteiger partial charge in [-0.05, 0) is 12.1 Å². The number of hydrogen-bond acceptors (Lipinski definition) is 3. The van der Waals surface area contributed by atoms with Crippen LogP contribution in [0, 0.1) is 0 Å². The number of carboxylic acids is 1. The predicted molar refractivity (Wildman–Crippen MR) is 43.4 cm³/mol. The molecule has 0 atom stereocenters. The van der Waals surface area contributed by atoms with Crippen LogP contribution in [0.1, 0.15) is 0 Å². The highest BCUT2D eigenvalue weighted by Gasteiger charge is 2.18. The van der Waals surface area contributed by atoms with E-state index in [1.807, 2.05) is 0 Å². The van der Waals surface area contributed by atoms with Crippen molar-refractivity contribution in [3.63, 3.8) is 0 Å². The van der Waals surface area contributed by atoms with Gasteiger partial charge in [0.25, 0.3) is 0 Å². The lowest BCUT2D eigenvalue weighted by molar-refractivity contribution is -0.135. The number of hydrogen-bond donors (Lipinski definition) is 1. The fourth-order valence-electron chi connectivity index (χ4n) is 0.985. The van der Waals surface area contributed by atoms with Crippen molar-refractivity contribution in [2.45, 2.75) is 0 Å². The Labute approximate surface area is 74.0 Å². The molecule has 1 heterocycles. The number of ether oxygens (including phenoxy) is 2. The molecule has 0 aliphatic carbocycles. The van der Waals surface area contributed by atoms with E-state index in [1.54, 1.807) is 24.3 Å². The van der Waals surface area contributed by atoms with Crippen LogP contribution in [0.2, 0.25) is 0 Å². The summed E-state index contributed by atoms with van der Waals surface area (Å²) in [5.74, 6) is -0.414. The number of para-hydroxylation sites is 2. The zero-order chi connectivity index (χ0) is 9.26. The number of carbonyl (C=O) groups is 1. The van der Waals surface area contributed by atoms with Crippen molar-refractivity contribution in [1.82, 2.24) is 0 Å². The molecule has 0 radical (unpaired) electrons. The van der Waals surface area contributed by atoms with Crippen LogP contribution in [0.15, 0.2) is 36.3 Å². The topological polar surface area (TPSA) is 55.8 Å². The van der Waals surface area contributed by atoms with Crippen molar-refractivity contribution in [1.29, 1.82) is 0 Å². The van der Waals surface area contributed by atoms with Crippen molar-refractivity contribution in [2.75, 3.05) is 0 Å². The Morgan fingerprint density at radius 2 is 1.92 bits per heavy atom. The molecule has 0 saturated carbocycles. The lowest BCUT2D eigenvalue weighted by Gasteiger charge is -2.14. The van der Waals surface area contributed by atoms with Gasteiger partial charge in [-0.1, -0.05) is 12.1 Å². The fraction of sp³-hybridized carbons (Fsp3) is 0. The number of rotatable bonds is 1. The van der Waals surface area contributed by atoms with E-state index >= 15 is 0 Å². The molecule has 0 amide bonds. The third kappa shape index (κ3) is 1.33. The summed E-state index contributed by atoms with van der Waals surface area (Å²) >= 11 is 0. The first-order valence-corrected chi connectivity index (χ1v) is 3.64. The summed E-state index contributed by atoms with van der Waals surface area (Å²) in [6.45, 7) is 0. The molecule has 0 unspecified atom stereocenters. The Bertz CT molecular complexity index is 381. The Kier molecular flexibility index (Phi) is 1.66. The molecule has 1 aromatic carbocycles. The molecule has 2 rings (SSSR count). The maximum atomic E-state index is 10.5. The van der Waals surface area contributed by atoms with Gasteiger partial charge < -0.3 is 14.6 Å². The molecule has 0 spiro atoms. The summed E-state index contributed by atoms with van der Waals surface area (Å²) in [4.78, 5) is 10.5. The van der Waals surface area contributed by atoms with Crippen LogP contribution >= 0.6 is 0 Å². The summed E-state index contributed by atoms with van der Waals surface area (Å²) in [5.41, 5.74) is 0. The minimum atomic E-state index is -1.14. The zero-order valence-electron chi connectivity index (χ0n) is 6.56. The third-order valence-electron chi connectivity index (χ3n) is 1.57. The quantitative estimate of drug-likeness (QED) is 0.705. The molecule has 66 valence electrons. The summed E-state index contributed by atoms with van der Waals surface area (Å²) < 4.78 is 10.1. The van der Waals surface area contributed by atoms with E-state index in [0.29, 0.717) is 11.5 Å². The minimum Gasteiger partial charge on any atom is -0.475 e. The van der Waals surface area contributed by atoms with Gasteiger partial charge in [0.1, 0.15) is 6.26 Å². The molecule has 1 aliphatic rings. The van der Waals surface area contributed by atoms with E-state index in [4.69, 9.17) is 14.6 Å². The SMILES string of the molecule is O=C(O)C1=COc2ccccc2O1. The zero-order valence-corrected chi connectivity index (χ0v) is 6.56. The standard InChI is InChI=1S/C9H6O4/c10-9(11)8-5-12-6-3-1-2-4-7(6)13-8/h1-5H,(H,10,11). The number of benzene rings is 1. The molecule has 13 heavy (non-hydrogen) atoms. The van der Waals surface area contributed by atoms with E-state index in [9.17, 15) is 4.79 Å². The smallest absolute Gasteiger partial charge is 0.375 e. The molecule has 0 aromatic heterocycles. The summed E-state index contributed by atoms with van der Waals surface area (Å²) in [6, 6.07) is 6.87. The van der Waals surface area contributed by atoms with Gasteiger partial charge in [-0.25, -0.2) is 4.79 Å². The van der Waals surface area contributed by atoms with Crippen molar-refractivity contribution in [3.8, 4) is 11.5 Å². The molecule has 0 saturated heterocycles. The highest BCUT2D eigenvalue weighted by molar-refractivity contribution is 5.85. The third-order valence-corrected chi connectivity index (χ3v) is 1.57. The van der Waals surface area contributed by atoms with Crippen molar-refractivity contribution < 1.29 is 19.4 Å². The highest BCUT2D eigenvalue weighted by Crippen LogP contribution is 2.31. The first-order valence-electron chi connectivity index (χ1n) is 3.64. The summed E-state index contributed by atoms with van der Waals surface area (Å²) in [5, 5.41) is 8.59. The fourth-order valence-corrected chi connectivity index (χ4v) is 0.985. The Morgan fingerprint density at radius 3 is 2.62 bits per heavy atom. The summed E-state index contributed by atoms with van der Waals surface area (Å²) in [7, 11) is 0. The molecule has 1 aromatic rings. The van der Waals surface area contributed by atoms with Gasteiger partial charge >= 0.3 is 5.97 Å². The largest absolute Gasteiger partial charge is 0.475 e. The van der Waals surface area contributed by atoms with Gasteiger partial charge in [-0.3, -0.25) is 0 Å². The second-order valence-electron chi connectivity index (χ2n) is 2.45. The molecular formula is C9H6O4. The average Bonchev–Trinajstić information content (AvgIpc) is 2.17. The van der Waals surface area contributed by atoms with E-state index in [1.165, 1.54) is 0 Å². The Balaban J connectivity index is 2.33. The normalized spacial score (nSPS) is 13.4. The van der Waals surface area contributed by atoms with E-state index in [2.05, 4.69) is 0 Å². The van der Waals surface area contributed by atoms with Gasteiger partial charge in [0.15, 0.2) is 11.5 Å². The highest BCUT2D eigenvalue weighted by atomic mass is 16.6. The molecule has 4 heteroatoms. The monoisotopic (exact) mass is 178 g/mol. The molecular weight excluding hydrogens is 172 g/mol. The molecule has 4 nitrogen and oxygen atoms in total. The Hall–Kier alpha value is -1.97. The second kappa shape index (κ2) is 2.82. The summed E-state index contributed by atoms with van der Waals surface area (Å²) in [6.07, 6.45) is 1.07. The number of fused-ring (bicyclic) bond motifs is 1. The molecule has 1 N–H and O–H groups in total. The number of carboxylic acid groups (broad SMARTS) is 1. The average molecular weight is 178 g/mol. The number of aliphatic carboxylic acids is 1. The maximum Gasteiger partial charge on any atom is 0.375 e. The van der Waals surface area contributed by atoms with Gasteiger partial charge in [-0.2, -0.15) is 0 Å². The van der Waals surface area contributed by atoms with Crippen LogP contribution in [0.4, 0.5) is 0 Å². The van der Waals surface area contributed by atoms with Gasteiger partial charge in [0, 0.05) is 0 Å². The molecule has 1 aliphatic heterocycles. The maximum absolute atomic E-state index is 10.5. The van der Waals surface area contributed by atoms with Crippen LogP contribution in [-0.4, -0.2) is 11.1 Å². The van der Waals surface area contributed by atoms with Crippen LogP contribution in [0.5, 0.6) is 11.5 Å². The van der Waals surface area contributed by atoms with Crippen LogP contribution in [0.3, 0.4) is 0 Å². The second-order valence-corrected chi connectivity index (χ2v) is 2.45. The van der Waals surface area contributed by atoms with Crippen LogP contribution in [-0.2, 0) is 4.79 Å². The first-order chi connectivity index (χ1) is 6.27. The first kappa shape index (κ1) is 7.67. The molecule has 0 fully saturated rings. The van der Waals surface area contributed by atoms with E-state index in [0.717, 1.165) is 6.26 Å². The lowest BCUT2D eigenvalue weighted by atomic mass is 10.3. The molecule has 0 bridgehead atoms. The van der Waals surface area contributed by atoms with Crippen LogP contribution in [0.25, 0.3) is 0 Å². The van der Waals surface area contributed by atoms with Gasteiger partial charge in [0.05, 0.1) is 0 Å². The Morgan fingerprint density at radius 1 is 1.23 bits per heavy atom.